The normalized spacial score (nSPS) is 24.6. The van der Waals surface area contributed by atoms with Crippen molar-refractivity contribution in [1.82, 2.24) is 0 Å². The largest absolute Gasteiger partial charge is 0.329 e. The van der Waals surface area contributed by atoms with Gasteiger partial charge in [-0.15, -0.1) is 0 Å². The molecule has 2 unspecified atom stereocenters. The molecule has 2 aliphatic rings. The average Bonchev–Trinajstić information content (AvgIpc) is 2.97. The summed E-state index contributed by atoms with van der Waals surface area (Å²) in [5.74, 6) is -0.0490. The fraction of sp³-hybridized carbons (Fsp3) is 0.278. The van der Waals surface area contributed by atoms with Crippen molar-refractivity contribution in [2.75, 3.05) is 21.3 Å². The van der Waals surface area contributed by atoms with E-state index in [0.29, 0.717) is 16.4 Å². The van der Waals surface area contributed by atoms with E-state index in [1.165, 1.54) is 0 Å². The van der Waals surface area contributed by atoms with Gasteiger partial charge >= 0.3 is 6.03 Å². The SMILES string of the molecule is Cc1ccc(N2C(=O)N(c3cccc(Cl)c3)C3CS(=O)(=O)CC32)cc1. The first-order valence-corrected chi connectivity index (χ1v) is 10.2. The van der Waals surface area contributed by atoms with E-state index in [1.54, 1.807) is 34.1 Å². The number of carbonyl (C=O) groups excluding carboxylic acids is 1. The highest BCUT2D eigenvalue weighted by Gasteiger charge is 2.54. The molecule has 0 bridgehead atoms. The number of hydrogen-bond acceptors (Lipinski definition) is 3. The van der Waals surface area contributed by atoms with E-state index in [9.17, 15) is 13.2 Å². The fourth-order valence-electron chi connectivity index (χ4n) is 3.64. The zero-order chi connectivity index (χ0) is 17.8. The second kappa shape index (κ2) is 5.75. The summed E-state index contributed by atoms with van der Waals surface area (Å²) in [6.45, 7) is 1.97. The minimum Gasteiger partial charge on any atom is -0.288 e. The second-order valence-corrected chi connectivity index (χ2v) is 9.14. The number of carbonyl (C=O) groups is 1. The Balaban J connectivity index is 1.81. The summed E-state index contributed by atoms with van der Waals surface area (Å²) >= 11 is 6.07. The summed E-state index contributed by atoms with van der Waals surface area (Å²) in [6.07, 6.45) is 0. The van der Waals surface area contributed by atoms with Gasteiger partial charge in [0.15, 0.2) is 9.84 Å². The van der Waals surface area contributed by atoms with E-state index >= 15 is 0 Å². The number of halogens is 1. The molecule has 5 nitrogen and oxygen atoms in total. The number of fused-ring (bicyclic) bond motifs is 1. The maximum Gasteiger partial charge on any atom is 0.329 e. The van der Waals surface area contributed by atoms with Crippen molar-refractivity contribution in [1.29, 1.82) is 0 Å². The van der Waals surface area contributed by atoms with Crippen LogP contribution in [-0.2, 0) is 9.84 Å². The molecular formula is C18H17ClN2O3S. The first-order valence-electron chi connectivity index (χ1n) is 8.01. The number of rotatable bonds is 2. The minimum atomic E-state index is -3.20. The number of aryl methyl sites for hydroxylation is 1. The molecule has 2 aromatic carbocycles. The maximum absolute atomic E-state index is 13.1. The van der Waals surface area contributed by atoms with Gasteiger partial charge in [-0.05, 0) is 37.3 Å². The molecule has 4 rings (SSSR count). The van der Waals surface area contributed by atoms with Crippen LogP contribution in [0.3, 0.4) is 0 Å². The van der Waals surface area contributed by atoms with Crippen molar-refractivity contribution in [2.45, 2.75) is 19.0 Å². The van der Waals surface area contributed by atoms with Crippen LogP contribution < -0.4 is 9.80 Å². The van der Waals surface area contributed by atoms with Crippen molar-refractivity contribution in [3.8, 4) is 0 Å². The number of anilines is 2. The van der Waals surface area contributed by atoms with Crippen LogP contribution in [0.1, 0.15) is 5.56 Å². The second-order valence-electron chi connectivity index (χ2n) is 6.55. The lowest BCUT2D eigenvalue weighted by Crippen LogP contribution is -2.37. The average molecular weight is 377 g/mol. The molecule has 0 aliphatic carbocycles. The molecule has 2 atom stereocenters. The van der Waals surface area contributed by atoms with Gasteiger partial charge in [-0.2, -0.15) is 0 Å². The van der Waals surface area contributed by atoms with Crippen molar-refractivity contribution in [2.24, 2.45) is 0 Å². The summed E-state index contributed by atoms with van der Waals surface area (Å²) in [6, 6.07) is 13.5. The minimum absolute atomic E-state index is 0.0195. The number of amides is 2. The molecule has 2 fully saturated rings. The first kappa shape index (κ1) is 16.4. The highest BCUT2D eigenvalue weighted by atomic mass is 35.5. The Hall–Kier alpha value is -2.05. The van der Waals surface area contributed by atoms with E-state index in [-0.39, 0.29) is 23.6 Å². The van der Waals surface area contributed by atoms with Crippen molar-refractivity contribution >= 4 is 38.8 Å². The Morgan fingerprint density at radius 3 is 2.16 bits per heavy atom. The summed E-state index contributed by atoms with van der Waals surface area (Å²) in [4.78, 5) is 16.3. The van der Waals surface area contributed by atoms with Gasteiger partial charge in [0.25, 0.3) is 0 Å². The third-order valence-corrected chi connectivity index (χ3v) is 6.70. The fourth-order valence-corrected chi connectivity index (χ4v) is 5.74. The Kier molecular flexibility index (Phi) is 3.77. The van der Waals surface area contributed by atoms with Crippen LogP contribution in [0.2, 0.25) is 5.02 Å². The monoisotopic (exact) mass is 376 g/mol. The van der Waals surface area contributed by atoms with Gasteiger partial charge in [0, 0.05) is 16.4 Å². The van der Waals surface area contributed by atoms with E-state index in [0.717, 1.165) is 5.56 Å². The topological polar surface area (TPSA) is 57.7 Å². The molecule has 0 N–H and O–H groups in total. The number of hydrogen-bond donors (Lipinski definition) is 0. The summed E-state index contributed by atoms with van der Waals surface area (Å²) in [7, 11) is -3.20. The molecule has 0 saturated carbocycles. The van der Waals surface area contributed by atoms with Crippen molar-refractivity contribution in [3.63, 3.8) is 0 Å². The highest BCUT2D eigenvalue weighted by molar-refractivity contribution is 7.91. The third-order valence-electron chi connectivity index (χ3n) is 4.77. The zero-order valence-corrected chi connectivity index (χ0v) is 15.2. The predicted molar refractivity (Wildman–Crippen MR) is 99.2 cm³/mol. The van der Waals surface area contributed by atoms with Crippen LogP contribution in [0.5, 0.6) is 0 Å². The molecule has 2 aromatic rings. The lowest BCUT2D eigenvalue weighted by Gasteiger charge is -2.23. The van der Waals surface area contributed by atoms with Gasteiger partial charge in [0.1, 0.15) is 0 Å². The van der Waals surface area contributed by atoms with Gasteiger partial charge in [-0.25, -0.2) is 13.2 Å². The third kappa shape index (κ3) is 2.79. The van der Waals surface area contributed by atoms with Crippen LogP contribution in [0.25, 0.3) is 0 Å². The zero-order valence-electron chi connectivity index (χ0n) is 13.6. The standard InChI is InChI=1S/C18H17ClN2O3S/c1-12-5-7-14(8-6-12)20-16-10-25(23,24)11-17(16)21(18(20)22)15-4-2-3-13(19)9-15/h2-9,16-17H,10-11H2,1H3. The lowest BCUT2D eigenvalue weighted by molar-refractivity contribution is 0.255. The van der Waals surface area contributed by atoms with E-state index < -0.39 is 15.9 Å². The first-order chi connectivity index (χ1) is 11.9. The lowest BCUT2D eigenvalue weighted by atomic mass is 10.1. The summed E-state index contributed by atoms with van der Waals surface area (Å²) < 4.78 is 24.5. The van der Waals surface area contributed by atoms with E-state index in [2.05, 4.69) is 0 Å². The summed E-state index contributed by atoms with van der Waals surface area (Å²) in [5, 5.41) is 0.511. The van der Waals surface area contributed by atoms with Gasteiger partial charge in [-0.3, -0.25) is 9.80 Å². The number of urea groups is 1. The van der Waals surface area contributed by atoms with Crippen molar-refractivity contribution < 1.29 is 13.2 Å². The van der Waals surface area contributed by atoms with Crippen LogP contribution in [-0.4, -0.2) is 38.0 Å². The Morgan fingerprint density at radius 2 is 1.56 bits per heavy atom. The molecular weight excluding hydrogens is 360 g/mol. The molecule has 130 valence electrons. The molecule has 0 aromatic heterocycles. The number of sulfone groups is 1. The van der Waals surface area contributed by atoms with Crippen LogP contribution in [0.4, 0.5) is 16.2 Å². The molecule has 7 heteroatoms. The smallest absolute Gasteiger partial charge is 0.288 e. The number of nitrogens with zero attached hydrogens (tertiary/aromatic N) is 2. The molecule has 2 aliphatic heterocycles. The molecule has 25 heavy (non-hydrogen) atoms. The summed E-state index contributed by atoms with van der Waals surface area (Å²) in [5.41, 5.74) is 2.42. The Bertz CT molecular complexity index is 943. The van der Waals surface area contributed by atoms with Crippen molar-refractivity contribution in [3.05, 3.63) is 59.1 Å². The number of benzene rings is 2. The molecule has 2 saturated heterocycles. The van der Waals surface area contributed by atoms with Gasteiger partial charge in [0.05, 0.1) is 23.6 Å². The van der Waals surface area contributed by atoms with E-state index in [1.807, 2.05) is 31.2 Å². The van der Waals surface area contributed by atoms with Gasteiger partial charge < -0.3 is 0 Å². The Labute approximate surface area is 151 Å². The van der Waals surface area contributed by atoms with E-state index in [4.69, 9.17) is 11.6 Å². The molecule has 2 amide bonds. The van der Waals surface area contributed by atoms with Crippen LogP contribution in [0.15, 0.2) is 48.5 Å². The Morgan fingerprint density at radius 1 is 0.960 bits per heavy atom. The molecule has 2 heterocycles. The predicted octanol–water partition coefficient (Wildman–Crippen LogP) is 3.26. The molecule has 0 spiro atoms. The highest BCUT2D eigenvalue weighted by Crippen LogP contribution is 2.38. The van der Waals surface area contributed by atoms with Gasteiger partial charge in [0.2, 0.25) is 0 Å². The maximum atomic E-state index is 13.1. The molecule has 0 radical (unpaired) electrons. The van der Waals surface area contributed by atoms with Gasteiger partial charge in [-0.1, -0.05) is 35.4 Å². The van der Waals surface area contributed by atoms with Crippen LogP contribution >= 0.6 is 11.6 Å². The quantitative estimate of drug-likeness (QED) is 0.756. The van der Waals surface area contributed by atoms with Crippen LogP contribution in [0, 0.1) is 6.92 Å².